The molecule has 3 heteroatoms. The zero-order chi connectivity index (χ0) is 8.10. The third-order valence-corrected chi connectivity index (χ3v) is 10.3. The second kappa shape index (κ2) is 5.54. The van der Waals surface area contributed by atoms with Gasteiger partial charge < -0.3 is 0 Å². The highest BCUT2D eigenvalue weighted by Crippen LogP contribution is 2.26. The van der Waals surface area contributed by atoms with Gasteiger partial charge in [-0.15, -0.1) is 15.3 Å². The number of rotatable bonds is 3. The van der Waals surface area contributed by atoms with Gasteiger partial charge in [0, 0.05) is 8.80 Å². The molecule has 0 aromatic carbocycles. The summed E-state index contributed by atoms with van der Waals surface area (Å²) in [6, 6.07) is 7.95. The predicted molar refractivity (Wildman–Crippen MR) is 59.4 cm³/mol. The van der Waals surface area contributed by atoms with Gasteiger partial charge in [-0.2, -0.15) is 0 Å². The summed E-state index contributed by atoms with van der Waals surface area (Å²) in [5.74, 6) is 0. The van der Waals surface area contributed by atoms with Crippen molar-refractivity contribution in [2.45, 2.75) is 50.0 Å². The topological polar surface area (TPSA) is 0 Å². The highest BCUT2D eigenvalue weighted by atomic mass is 79.9. The van der Waals surface area contributed by atoms with Crippen molar-refractivity contribution in [2.75, 3.05) is 0 Å². The minimum Gasteiger partial charge on any atom is -0.129 e. The molecule has 0 bridgehead atoms. The Bertz CT molecular complexity index is 97.5. The fourth-order valence-electron chi connectivity index (χ4n) is 1.55. The Labute approximate surface area is 81.6 Å². The van der Waals surface area contributed by atoms with E-state index in [9.17, 15) is 0 Å². The van der Waals surface area contributed by atoms with Crippen LogP contribution in [0.5, 0.6) is 0 Å². The summed E-state index contributed by atoms with van der Waals surface area (Å²) in [6.45, 7) is 2.31. The van der Waals surface area contributed by atoms with Crippen molar-refractivity contribution in [1.29, 1.82) is 0 Å². The van der Waals surface area contributed by atoms with Gasteiger partial charge in [0.1, 0.15) is 7.42 Å². The second-order valence-electron chi connectivity index (χ2n) is 3.37. The van der Waals surface area contributed by atoms with Crippen LogP contribution in [0.2, 0.25) is 30.2 Å². The van der Waals surface area contributed by atoms with E-state index in [2.05, 4.69) is 22.2 Å². The van der Waals surface area contributed by atoms with Gasteiger partial charge in [0.15, 0.2) is 0 Å². The Kier molecular flexibility index (Phi) is 5.04. The van der Waals surface area contributed by atoms with E-state index in [4.69, 9.17) is 0 Å². The molecule has 64 valence electrons. The Morgan fingerprint density at radius 2 is 1.82 bits per heavy atom. The number of unbranched alkanes of at least 4 members (excludes halogenated alkanes) is 1. The first-order chi connectivity index (χ1) is 5.33. The summed E-state index contributed by atoms with van der Waals surface area (Å²) in [6.07, 6.45) is 2.90. The monoisotopic (exact) mass is 248 g/mol. The van der Waals surface area contributed by atoms with Gasteiger partial charge in [-0.25, -0.2) is 0 Å². The molecule has 0 aromatic heterocycles. The van der Waals surface area contributed by atoms with Crippen LogP contribution < -0.4 is 0 Å². The zero-order valence-electron chi connectivity index (χ0n) is 7.33. The van der Waals surface area contributed by atoms with Crippen LogP contribution in [0.3, 0.4) is 0 Å². The van der Waals surface area contributed by atoms with E-state index in [1.54, 1.807) is 30.2 Å². The van der Waals surface area contributed by atoms with E-state index in [-0.39, 0.29) is 16.2 Å². The van der Waals surface area contributed by atoms with Gasteiger partial charge in [0.05, 0.1) is 0 Å². The van der Waals surface area contributed by atoms with E-state index in [1.165, 1.54) is 12.8 Å². The lowest BCUT2D eigenvalue weighted by Gasteiger charge is -2.22. The summed E-state index contributed by atoms with van der Waals surface area (Å²) >= 11 is 3.80. The van der Waals surface area contributed by atoms with Gasteiger partial charge in [-0.3, -0.25) is 0 Å². The van der Waals surface area contributed by atoms with Gasteiger partial charge in [-0.05, 0) is 0 Å². The Morgan fingerprint density at radius 1 is 1.18 bits per heavy atom. The molecule has 1 aliphatic rings. The van der Waals surface area contributed by atoms with Crippen molar-refractivity contribution in [1.82, 2.24) is 0 Å². The zero-order valence-corrected chi connectivity index (χ0v) is 10.9. The smallest absolute Gasteiger partial charge is 0.129 e. The molecule has 1 fully saturated rings. The van der Waals surface area contributed by atoms with Crippen molar-refractivity contribution in [3.8, 4) is 0 Å². The van der Waals surface area contributed by atoms with Crippen molar-refractivity contribution in [3.05, 3.63) is 0 Å². The normalized spacial score (nSPS) is 22.4. The van der Waals surface area contributed by atoms with E-state index < -0.39 is 0 Å². The predicted octanol–water partition coefficient (Wildman–Crippen LogP) is 3.68. The van der Waals surface area contributed by atoms with Gasteiger partial charge >= 0.3 is 0 Å². The van der Waals surface area contributed by atoms with E-state index in [0.29, 0.717) is 0 Å². The molecule has 0 atom stereocenters. The molecule has 1 rings (SSSR count). The first kappa shape index (κ1) is 10.00. The van der Waals surface area contributed by atoms with E-state index in [1.807, 2.05) is 0 Å². The molecule has 0 saturated carbocycles. The molecular weight excluding hydrogens is 232 g/mol. The third-order valence-electron chi connectivity index (χ3n) is 2.38. The van der Waals surface area contributed by atoms with Crippen LogP contribution in [0.4, 0.5) is 0 Å². The molecule has 0 N–H and O–H groups in total. The number of hydrogen-bond donors (Lipinski definition) is 0. The first-order valence-electron chi connectivity index (χ1n) is 4.66. The van der Waals surface area contributed by atoms with Crippen LogP contribution in [-0.4, -0.2) is 16.2 Å². The van der Waals surface area contributed by atoms with Crippen LogP contribution >= 0.6 is 15.3 Å². The van der Waals surface area contributed by atoms with E-state index >= 15 is 0 Å². The van der Waals surface area contributed by atoms with Gasteiger partial charge in [-0.1, -0.05) is 50.0 Å². The lowest BCUT2D eigenvalue weighted by molar-refractivity contribution is 0.866. The SMILES string of the molecule is CCCC[Si]1CC[Si](Br)CC1. The van der Waals surface area contributed by atoms with Crippen molar-refractivity contribution in [3.63, 3.8) is 0 Å². The van der Waals surface area contributed by atoms with Crippen molar-refractivity contribution >= 4 is 31.5 Å². The molecule has 1 saturated heterocycles. The first-order valence-corrected chi connectivity index (χ1v) is 11.0. The fourth-order valence-corrected chi connectivity index (χ4v) is 12.0. The Hall–Kier alpha value is 0.914. The molecule has 1 heterocycles. The quantitative estimate of drug-likeness (QED) is 0.528. The largest absolute Gasteiger partial charge is 0.134 e. The third kappa shape index (κ3) is 3.90. The molecule has 0 unspecified atom stereocenters. The lowest BCUT2D eigenvalue weighted by Crippen LogP contribution is -2.22. The minimum atomic E-state index is -0.0121. The van der Waals surface area contributed by atoms with Crippen molar-refractivity contribution in [2.24, 2.45) is 0 Å². The van der Waals surface area contributed by atoms with Crippen LogP contribution in [0.25, 0.3) is 0 Å². The average Bonchev–Trinajstić information content (AvgIpc) is 2.04. The van der Waals surface area contributed by atoms with Crippen LogP contribution in [0, 0.1) is 0 Å². The summed E-state index contributed by atoms with van der Waals surface area (Å²) in [4.78, 5) is 0. The number of hydrogen-bond acceptors (Lipinski definition) is 0. The summed E-state index contributed by atoms with van der Waals surface area (Å²) in [7, 11) is 0.140. The molecule has 1 aliphatic heterocycles. The fraction of sp³-hybridized carbons (Fsp3) is 1.00. The highest BCUT2D eigenvalue weighted by Gasteiger charge is 2.21. The van der Waals surface area contributed by atoms with Crippen LogP contribution in [-0.2, 0) is 0 Å². The summed E-state index contributed by atoms with van der Waals surface area (Å²) < 4.78 is 0. The van der Waals surface area contributed by atoms with E-state index in [0.717, 1.165) is 0 Å². The minimum absolute atomic E-state index is 0.0121. The molecule has 0 amide bonds. The van der Waals surface area contributed by atoms with Gasteiger partial charge in [0.25, 0.3) is 0 Å². The lowest BCUT2D eigenvalue weighted by atomic mass is 10.4. The summed E-state index contributed by atoms with van der Waals surface area (Å²) in [5.41, 5.74) is 0. The Morgan fingerprint density at radius 3 is 2.36 bits per heavy atom. The average molecular weight is 249 g/mol. The highest BCUT2D eigenvalue weighted by molar-refractivity contribution is 9.24. The molecule has 0 nitrogen and oxygen atoms in total. The van der Waals surface area contributed by atoms with Crippen LogP contribution in [0.15, 0.2) is 0 Å². The maximum atomic E-state index is 3.80. The maximum Gasteiger partial charge on any atom is 0.134 e. The Balaban J connectivity index is 2.07. The molecular formula is C8H17BrSi2. The molecule has 0 spiro atoms. The van der Waals surface area contributed by atoms with Gasteiger partial charge in [0.2, 0.25) is 0 Å². The molecule has 11 heavy (non-hydrogen) atoms. The summed E-state index contributed by atoms with van der Waals surface area (Å²) in [5, 5.41) is 0. The van der Waals surface area contributed by atoms with Crippen molar-refractivity contribution < 1.29 is 0 Å². The maximum absolute atomic E-state index is 3.80. The second-order valence-corrected chi connectivity index (χ2v) is 11.8. The molecule has 0 aromatic rings. The molecule has 2 radical (unpaired) electrons. The molecule has 0 aliphatic carbocycles. The van der Waals surface area contributed by atoms with Crippen LogP contribution in [0.1, 0.15) is 19.8 Å². The number of halogens is 1. The standard InChI is InChI=1S/C8H17BrSi2/c1-2-3-4-10-5-7-11(9)8-6-10/h2-8H2,1H3.